The Morgan fingerprint density at radius 1 is 1.42 bits per heavy atom. The van der Waals surface area contributed by atoms with Crippen molar-refractivity contribution >= 4 is 17.4 Å². The molecule has 0 unspecified atom stereocenters. The highest BCUT2D eigenvalue weighted by atomic mass is 32.2. The zero-order valence-electron chi connectivity index (χ0n) is 6.71. The van der Waals surface area contributed by atoms with Gasteiger partial charge in [0.15, 0.2) is 0 Å². The number of nitrogens with two attached hydrogens (primary N) is 1. The van der Waals surface area contributed by atoms with Crippen molar-refractivity contribution in [3.63, 3.8) is 0 Å². The molecule has 0 saturated carbocycles. The number of benzene rings is 1. The smallest absolute Gasteiger partial charge is 0.131 e. The maximum Gasteiger partial charge on any atom is 0.131 e. The lowest BCUT2D eigenvalue weighted by atomic mass is 10.1. The first-order valence-electron chi connectivity index (χ1n) is 4.01. The van der Waals surface area contributed by atoms with Crippen LogP contribution in [-0.2, 0) is 6.42 Å². The van der Waals surface area contributed by atoms with Crippen LogP contribution in [-0.4, -0.2) is 10.9 Å². The highest BCUT2D eigenvalue weighted by Crippen LogP contribution is 2.38. The molecule has 3 heteroatoms. The van der Waals surface area contributed by atoms with Gasteiger partial charge in [-0.05, 0) is 30.2 Å². The van der Waals surface area contributed by atoms with Crippen molar-refractivity contribution in [2.45, 2.75) is 17.7 Å². The Kier molecular flexibility index (Phi) is 1.89. The maximum absolute atomic E-state index is 9.54. The topological polar surface area (TPSA) is 46.2 Å². The van der Waals surface area contributed by atoms with E-state index in [0.29, 0.717) is 11.4 Å². The third-order valence-electron chi connectivity index (χ3n) is 2.01. The van der Waals surface area contributed by atoms with Crippen molar-refractivity contribution in [3.8, 4) is 5.75 Å². The molecule has 1 aliphatic rings. The predicted molar refractivity (Wildman–Crippen MR) is 51.6 cm³/mol. The number of aryl methyl sites for hydroxylation is 1. The zero-order valence-corrected chi connectivity index (χ0v) is 7.53. The normalized spacial score (nSPS) is 15.7. The van der Waals surface area contributed by atoms with E-state index in [9.17, 15) is 5.11 Å². The summed E-state index contributed by atoms with van der Waals surface area (Å²) in [4.78, 5) is 1.02. The molecule has 2 rings (SSSR count). The van der Waals surface area contributed by atoms with Crippen molar-refractivity contribution in [2.24, 2.45) is 0 Å². The molecule has 0 bridgehead atoms. The Balaban J connectivity index is 2.53. The van der Waals surface area contributed by atoms with E-state index in [0.717, 1.165) is 17.1 Å². The molecule has 64 valence electrons. The van der Waals surface area contributed by atoms with Gasteiger partial charge in [0.2, 0.25) is 0 Å². The molecule has 0 radical (unpaired) electrons. The summed E-state index contributed by atoms with van der Waals surface area (Å²) < 4.78 is 0. The lowest BCUT2D eigenvalue weighted by Gasteiger charge is -2.16. The molecule has 0 atom stereocenters. The van der Waals surface area contributed by atoms with E-state index < -0.39 is 0 Å². The van der Waals surface area contributed by atoms with Crippen LogP contribution >= 0.6 is 11.8 Å². The number of thioether (sulfide) groups is 1. The van der Waals surface area contributed by atoms with E-state index in [4.69, 9.17) is 5.73 Å². The maximum atomic E-state index is 9.54. The second kappa shape index (κ2) is 2.90. The second-order valence-corrected chi connectivity index (χ2v) is 4.09. The van der Waals surface area contributed by atoms with E-state index in [-0.39, 0.29) is 0 Å². The summed E-state index contributed by atoms with van der Waals surface area (Å²) >= 11 is 1.72. The first-order chi connectivity index (χ1) is 5.77. The Bertz CT molecular complexity index is 312. The second-order valence-electron chi connectivity index (χ2n) is 2.98. The summed E-state index contributed by atoms with van der Waals surface area (Å²) in [6, 6.07) is 3.58. The van der Waals surface area contributed by atoms with Crippen LogP contribution in [0.25, 0.3) is 0 Å². The minimum atomic E-state index is 0.342. The highest BCUT2D eigenvalue weighted by molar-refractivity contribution is 7.99. The zero-order chi connectivity index (χ0) is 8.55. The van der Waals surface area contributed by atoms with Gasteiger partial charge in [-0.2, -0.15) is 0 Å². The summed E-state index contributed by atoms with van der Waals surface area (Å²) in [5.74, 6) is 1.44. The van der Waals surface area contributed by atoms with Gasteiger partial charge in [-0.25, -0.2) is 0 Å². The Labute approximate surface area is 75.8 Å². The van der Waals surface area contributed by atoms with Gasteiger partial charge in [-0.3, -0.25) is 0 Å². The number of phenolic OH excluding ortho intramolecular Hbond substituents is 1. The summed E-state index contributed by atoms with van der Waals surface area (Å²) in [6.45, 7) is 0. The minimum Gasteiger partial charge on any atom is -0.507 e. The van der Waals surface area contributed by atoms with Crippen LogP contribution < -0.4 is 5.73 Å². The molecule has 0 spiro atoms. The molecular weight excluding hydrogens is 170 g/mol. The number of hydrogen-bond acceptors (Lipinski definition) is 3. The molecular formula is C9H11NOS. The molecule has 0 fully saturated rings. The SMILES string of the molecule is Nc1cc(O)c2c(c1)CCCS2. The van der Waals surface area contributed by atoms with Crippen LogP contribution in [0.5, 0.6) is 5.75 Å². The van der Waals surface area contributed by atoms with Crippen LogP contribution in [0.1, 0.15) is 12.0 Å². The Morgan fingerprint density at radius 3 is 3.08 bits per heavy atom. The van der Waals surface area contributed by atoms with Crippen LogP contribution in [0.2, 0.25) is 0 Å². The molecule has 0 saturated heterocycles. The molecule has 12 heavy (non-hydrogen) atoms. The van der Waals surface area contributed by atoms with E-state index >= 15 is 0 Å². The minimum absolute atomic E-state index is 0.342. The van der Waals surface area contributed by atoms with Crippen molar-refractivity contribution in [1.29, 1.82) is 0 Å². The van der Waals surface area contributed by atoms with Crippen molar-refractivity contribution in [2.75, 3.05) is 11.5 Å². The lowest BCUT2D eigenvalue weighted by molar-refractivity contribution is 0.460. The van der Waals surface area contributed by atoms with E-state index in [2.05, 4.69) is 0 Å². The van der Waals surface area contributed by atoms with Crippen LogP contribution in [0.15, 0.2) is 17.0 Å². The van der Waals surface area contributed by atoms with Gasteiger partial charge in [-0.1, -0.05) is 0 Å². The van der Waals surface area contributed by atoms with E-state index in [1.165, 1.54) is 12.0 Å². The van der Waals surface area contributed by atoms with E-state index in [1.54, 1.807) is 17.8 Å². The summed E-state index contributed by atoms with van der Waals surface area (Å²) in [7, 11) is 0. The number of hydrogen-bond donors (Lipinski definition) is 2. The third kappa shape index (κ3) is 1.25. The molecule has 1 heterocycles. The first kappa shape index (κ1) is 7.80. The molecule has 1 aromatic carbocycles. The van der Waals surface area contributed by atoms with Crippen LogP contribution in [0.4, 0.5) is 5.69 Å². The van der Waals surface area contributed by atoms with Crippen molar-refractivity contribution < 1.29 is 5.11 Å². The number of nitrogen functional groups attached to an aromatic ring is 1. The number of rotatable bonds is 0. The van der Waals surface area contributed by atoms with Gasteiger partial charge >= 0.3 is 0 Å². The number of anilines is 1. The fraction of sp³-hybridized carbons (Fsp3) is 0.333. The quantitative estimate of drug-likeness (QED) is 0.602. The molecule has 0 aliphatic carbocycles. The van der Waals surface area contributed by atoms with Crippen LogP contribution in [0.3, 0.4) is 0 Å². The van der Waals surface area contributed by atoms with Gasteiger partial charge in [0.1, 0.15) is 5.75 Å². The number of phenols is 1. The van der Waals surface area contributed by atoms with E-state index in [1.807, 2.05) is 6.07 Å². The van der Waals surface area contributed by atoms with Crippen molar-refractivity contribution in [3.05, 3.63) is 17.7 Å². The molecule has 1 aromatic rings. The fourth-order valence-corrected chi connectivity index (χ4v) is 2.53. The monoisotopic (exact) mass is 181 g/mol. The third-order valence-corrected chi connectivity index (χ3v) is 3.26. The Hall–Kier alpha value is -0.830. The van der Waals surface area contributed by atoms with Gasteiger partial charge in [-0.15, -0.1) is 11.8 Å². The summed E-state index contributed by atoms with van der Waals surface area (Å²) in [5, 5.41) is 9.54. The van der Waals surface area contributed by atoms with Gasteiger partial charge < -0.3 is 10.8 Å². The van der Waals surface area contributed by atoms with Gasteiger partial charge in [0.25, 0.3) is 0 Å². The fourth-order valence-electron chi connectivity index (χ4n) is 1.49. The van der Waals surface area contributed by atoms with Crippen LogP contribution in [0, 0.1) is 0 Å². The molecule has 0 amide bonds. The highest BCUT2D eigenvalue weighted by Gasteiger charge is 2.13. The first-order valence-corrected chi connectivity index (χ1v) is 5.00. The predicted octanol–water partition coefficient (Wildman–Crippen LogP) is 2.01. The standard InChI is InChI=1S/C9H11NOS/c10-7-4-6-2-1-3-12-9(6)8(11)5-7/h4-5,11H,1-3,10H2. The lowest BCUT2D eigenvalue weighted by Crippen LogP contribution is -1.99. The average Bonchev–Trinajstić information content (AvgIpc) is 2.04. The summed E-state index contributed by atoms with van der Waals surface area (Å²) in [5.41, 5.74) is 7.47. The largest absolute Gasteiger partial charge is 0.507 e. The summed E-state index contributed by atoms with van der Waals surface area (Å²) in [6.07, 6.45) is 2.22. The number of fused-ring (bicyclic) bond motifs is 1. The van der Waals surface area contributed by atoms with Crippen molar-refractivity contribution in [1.82, 2.24) is 0 Å². The molecule has 2 nitrogen and oxygen atoms in total. The van der Waals surface area contributed by atoms with Gasteiger partial charge in [0.05, 0.1) is 4.90 Å². The number of aromatic hydroxyl groups is 1. The molecule has 1 aliphatic heterocycles. The molecule has 3 N–H and O–H groups in total. The average molecular weight is 181 g/mol. The molecule has 0 aromatic heterocycles. The van der Waals surface area contributed by atoms with Gasteiger partial charge in [0, 0.05) is 11.8 Å². The Morgan fingerprint density at radius 2 is 2.25 bits per heavy atom.